The molecule has 1 N–H and O–H groups in total. The van der Waals surface area contributed by atoms with E-state index in [0.717, 1.165) is 11.3 Å². The molecule has 0 radical (unpaired) electrons. The number of carbonyl (C=O) groups is 1. The smallest absolute Gasteiger partial charge is 0.339 e. The molecule has 0 amide bonds. The minimum Gasteiger partial charge on any atom is -0.465 e. The zero-order valence-corrected chi connectivity index (χ0v) is 13.1. The molecule has 4 heteroatoms. The SMILES string of the molecule is COC(=O)c1cc(C)ccc1NCc1cc(C)sc1C. The number of rotatable bonds is 4. The number of hydrogen-bond acceptors (Lipinski definition) is 4. The van der Waals surface area contributed by atoms with Crippen molar-refractivity contribution in [2.45, 2.75) is 27.3 Å². The van der Waals surface area contributed by atoms with Crippen molar-refractivity contribution >= 4 is 23.0 Å². The molecule has 20 heavy (non-hydrogen) atoms. The third-order valence-corrected chi connectivity index (χ3v) is 4.20. The van der Waals surface area contributed by atoms with E-state index in [1.165, 1.54) is 22.4 Å². The Morgan fingerprint density at radius 1 is 1.25 bits per heavy atom. The Kier molecular flexibility index (Phi) is 4.45. The van der Waals surface area contributed by atoms with Crippen molar-refractivity contribution in [1.29, 1.82) is 0 Å². The maximum absolute atomic E-state index is 11.8. The zero-order valence-electron chi connectivity index (χ0n) is 12.2. The van der Waals surface area contributed by atoms with Crippen molar-refractivity contribution in [3.63, 3.8) is 0 Å². The highest BCUT2D eigenvalue weighted by Crippen LogP contribution is 2.23. The summed E-state index contributed by atoms with van der Waals surface area (Å²) in [5, 5.41) is 3.33. The fourth-order valence-electron chi connectivity index (χ4n) is 2.14. The molecule has 0 bridgehead atoms. The molecule has 0 saturated heterocycles. The third-order valence-electron chi connectivity index (χ3n) is 3.19. The number of hydrogen-bond donors (Lipinski definition) is 1. The van der Waals surface area contributed by atoms with Gasteiger partial charge >= 0.3 is 5.97 Å². The van der Waals surface area contributed by atoms with Crippen LogP contribution in [0.4, 0.5) is 5.69 Å². The second kappa shape index (κ2) is 6.09. The van der Waals surface area contributed by atoms with Gasteiger partial charge in [0, 0.05) is 22.0 Å². The summed E-state index contributed by atoms with van der Waals surface area (Å²) in [5.74, 6) is -0.311. The van der Waals surface area contributed by atoms with Crippen LogP contribution in [0.5, 0.6) is 0 Å². The van der Waals surface area contributed by atoms with Crippen LogP contribution in [0.3, 0.4) is 0 Å². The first-order valence-corrected chi connectivity index (χ1v) is 7.31. The Bertz CT molecular complexity index is 631. The Morgan fingerprint density at radius 2 is 2.00 bits per heavy atom. The lowest BCUT2D eigenvalue weighted by molar-refractivity contribution is 0.0601. The Balaban J connectivity index is 2.21. The van der Waals surface area contributed by atoms with Gasteiger partial charge in [-0.2, -0.15) is 0 Å². The lowest BCUT2D eigenvalue weighted by Gasteiger charge is -2.11. The number of benzene rings is 1. The molecule has 0 aliphatic rings. The molecule has 0 spiro atoms. The largest absolute Gasteiger partial charge is 0.465 e. The summed E-state index contributed by atoms with van der Waals surface area (Å²) in [6.07, 6.45) is 0. The highest BCUT2D eigenvalue weighted by atomic mass is 32.1. The van der Waals surface area contributed by atoms with Crippen molar-refractivity contribution in [3.8, 4) is 0 Å². The van der Waals surface area contributed by atoms with Gasteiger partial charge in [-0.3, -0.25) is 0 Å². The van der Waals surface area contributed by atoms with E-state index in [0.29, 0.717) is 12.1 Å². The number of aryl methyl sites for hydroxylation is 3. The number of thiophene rings is 1. The average Bonchev–Trinajstić information content (AvgIpc) is 2.74. The summed E-state index contributed by atoms with van der Waals surface area (Å²) in [6, 6.07) is 7.94. The maximum atomic E-state index is 11.8. The topological polar surface area (TPSA) is 38.3 Å². The fourth-order valence-corrected chi connectivity index (χ4v) is 3.09. The number of esters is 1. The van der Waals surface area contributed by atoms with Gasteiger partial charge in [0.2, 0.25) is 0 Å². The fraction of sp³-hybridized carbons (Fsp3) is 0.312. The van der Waals surface area contributed by atoms with Gasteiger partial charge < -0.3 is 10.1 Å². The molecule has 2 aromatic rings. The Labute approximate surface area is 123 Å². The highest BCUT2D eigenvalue weighted by Gasteiger charge is 2.12. The minimum absolute atomic E-state index is 0.311. The molecule has 2 rings (SSSR count). The van der Waals surface area contributed by atoms with Crippen LogP contribution in [0, 0.1) is 20.8 Å². The van der Waals surface area contributed by atoms with E-state index in [1.807, 2.05) is 25.1 Å². The van der Waals surface area contributed by atoms with Gasteiger partial charge in [-0.1, -0.05) is 11.6 Å². The molecule has 3 nitrogen and oxygen atoms in total. The van der Waals surface area contributed by atoms with Crippen LogP contribution in [-0.2, 0) is 11.3 Å². The van der Waals surface area contributed by atoms with E-state index in [1.54, 1.807) is 11.3 Å². The van der Waals surface area contributed by atoms with Crippen molar-refractivity contribution in [2.24, 2.45) is 0 Å². The van der Waals surface area contributed by atoms with E-state index in [2.05, 4.69) is 25.2 Å². The standard InChI is InChI=1S/C16H19NO2S/c1-10-5-6-15(14(7-10)16(18)19-4)17-9-13-8-11(2)20-12(13)3/h5-8,17H,9H2,1-4H3. The van der Waals surface area contributed by atoms with Crippen molar-refractivity contribution in [2.75, 3.05) is 12.4 Å². The molecule has 1 heterocycles. The van der Waals surface area contributed by atoms with E-state index < -0.39 is 0 Å². The van der Waals surface area contributed by atoms with Crippen LogP contribution in [0.1, 0.15) is 31.2 Å². The molecule has 0 saturated carbocycles. The molecule has 1 aromatic carbocycles. The second-order valence-electron chi connectivity index (χ2n) is 4.83. The molecule has 106 valence electrons. The molecule has 1 aromatic heterocycles. The first kappa shape index (κ1) is 14.6. The normalized spacial score (nSPS) is 10.4. The van der Waals surface area contributed by atoms with Crippen LogP contribution in [0.2, 0.25) is 0 Å². The molecule has 0 aliphatic carbocycles. The van der Waals surface area contributed by atoms with Gasteiger partial charge in [0.25, 0.3) is 0 Å². The summed E-state index contributed by atoms with van der Waals surface area (Å²) < 4.78 is 4.83. The number of nitrogens with one attached hydrogen (secondary N) is 1. The van der Waals surface area contributed by atoms with Crippen molar-refractivity contribution < 1.29 is 9.53 Å². The first-order valence-electron chi connectivity index (χ1n) is 6.50. The van der Waals surface area contributed by atoms with E-state index >= 15 is 0 Å². The summed E-state index contributed by atoms with van der Waals surface area (Å²) in [4.78, 5) is 14.4. The number of carbonyl (C=O) groups excluding carboxylic acids is 1. The first-order chi connectivity index (χ1) is 9.51. The number of methoxy groups -OCH3 is 1. The third kappa shape index (κ3) is 3.20. The summed E-state index contributed by atoms with van der Waals surface area (Å²) in [5.41, 5.74) is 3.70. The minimum atomic E-state index is -0.311. The lowest BCUT2D eigenvalue weighted by Crippen LogP contribution is -2.08. The van der Waals surface area contributed by atoms with Gasteiger partial charge in [-0.25, -0.2) is 4.79 Å². The van der Waals surface area contributed by atoms with Gasteiger partial charge in [0.15, 0.2) is 0 Å². The van der Waals surface area contributed by atoms with Crippen LogP contribution in [-0.4, -0.2) is 13.1 Å². The van der Waals surface area contributed by atoms with Crippen LogP contribution in [0.15, 0.2) is 24.3 Å². The summed E-state index contributed by atoms with van der Waals surface area (Å²) in [7, 11) is 1.40. The molecule has 0 unspecified atom stereocenters. The van der Waals surface area contributed by atoms with Crippen LogP contribution in [0.25, 0.3) is 0 Å². The summed E-state index contributed by atoms with van der Waals surface area (Å²) >= 11 is 1.79. The predicted octanol–water partition coefficient (Wildman–Crippen LogP) is 4.07. The van der Waals surface area contributed by atoms with Crippen LogP contribution < -0.4 is 5.32 Å². The van der Waals surface area contributed by atoms with Crippen LogP contribution >= 0.6 is 11.3 Å². The monoisotopic (exact) mass is 289 g/mol. The number of ether oxygens (including phenoxy) is 1. The molecular weight excluding hydrogens is 270 g/mol. The molecule has 0 atom stereocenters. The van der Waals surface area contributed by atoms with E-state index in [-0.39, 0.29) is 5.97 Å². The quantitative estimate of drug-likeness (QED) is 0.862. The molecular formula is C16H19NO2S. The Morgan fingerprint density at radius 3 is 2.60 bits per heavy atom. The van der Waals surface area contributed by atoms with Crippen molar-refractivity contribution in [3.05, 3.63) is 50.7 Å². The zero-order chi connectivity index (χ0) is 14.7. The summed E-state index contributed by atoms with van der Waals surface area (Å²) in [6.45, 7) is 6.89. The second-order valence-corrected chi connectivity index (χ2v) is 6.29. The number of anilines is 1. The van der Waals surface area contributed by atoms with E-state index in [9.17, 15) is 4.79 Å². The van der Waals surface area contributed by atoms with Gasteiger partial charge in [-0.05, 0) is 44.5 Å². The predicted molar refractivity (Wildman–Crippen MR) is 83.6 cm³/mol. The maximum Gasteiger partial charge on any atom is 0.339 e. The van der Waals surface area contributed by atoms with Gasteiger partial charge in [0.05, 0.1) is 12.7 Å². The highest BCUT2D eigenvalue weighted by molar-refractivity contribution is 7.12. The van der Waals surface area contributed by atoms with Gasteiger partial charge in [0.1, 0.15) is 0 Å². The molecule has 0 aliphatic heterocycles. The van der Waals surface area contributed by atoms with E-state index in [4.69, 9.17) is 4.74 Å². The van der Waals surface area contributed by atoms with Gasteiger partial charge in [-0.15, -0.1) is 11.3 Å². The molecule has 0 fully saturated rings. The lowest BCUT2D eigenvalue weighted by atomic mass is 10.1. The average molecular weight is 289 g/mol. The Hall–Kier alpha value is -1.81. The van der Waals surface area contributed by atoms with Crippen molar-refractivity contribution in [1.82, 2.24) is 0 Å².